The van der Waals surface area contributed by atoms with Crippen molar-refractivity contribution >= 4 is 35.1 Å². The Labute approximate surface area is 121 Å². The van der Waals surface area contributed by atoms with Gasteiger partial charge in [0.25, 0.3) is 0 Å². The van der Waals surface area contributed by atoms with Gasteiger partial charge in [0.2, 0.25) is 11.8 Å². The second-order valence-electron chi connectivity index (χ2n) is 3.85. The zero-order valence-electron chi connectivity index (χ0n) is 10.9. The van der Waals surface area contributed by atoms with Gasteiger partial charge in [0.05, 0.1) is 12.7 Å². The van der Waals surface area contributed by atoms with Crippen LogP contribution in [0.2, 0.25) is 0 Å². The van der Waals surface area contributed by atoms with Gasteiger partial charge in [0, 0.05) is 18.7 Å². The third-order valence-electron chi connectivity index (χ3n) is 2.36. The number of anilines is 1. The summed E-state index contributed by atoms with van der Waals surface area (Å²) in [5, 5.41) is 5.10. The average Bonchev–Trinajstić information content (AvgIpc) is 2.46. The van der Waals surface area contributed by atoms with Crippen molar-refractivity contribution in [3.63, 3.8) is 0 Å². The van der Waals surface area contributed by atoms with E-state index in [-0.39, 0.29) is 30.7 Å². The zero-order valence-corrected chi connectivity index (χ0v) is 11.7. The number of hydrogen-bond acceptors (Lipinski definition) is 4. The number of benzene rings is 1. The van der Waals surface area contributed by atoms with Gasteiger partial charge in [-0.15, -0.1) is 11.6 Å². The fourth-order valence-corrected chi connectivity index (χ4v) is 1.52. The molecule has 0 radical (unpaired) electrons. The fraction of sp³-hybridized carbons (Fsp3) is 0.308. The minimum Gasteiger partial charge on any atom is -0.465 e. The van der Waals surface area contributed by atoms with E-state index in [1.54, 1.807) is 18.2 Å². The number of esters is 1. The number of halogens is 1. The molecule has 1 rings (SSSR count). The molecule has 0 atom stereocenters. The molecule has 0 unspecified atom stereocenters. The van der Waals surface area contributed by atoms with Crippen LogP contribution in [-0.2, 0) is 14.3 Å². The molecule has 2 amide bonds. The van der Waals surface area contributed by atoms with Crippen molar-refractivity contribution in [2.75, 3.05) is 24.9 Å². The Morgan fingerprint density at radius 3 is 2.65 bits per heavy atom. The van der Waals surface area contributed by atoms with Crippen LogP contribution in [0.3, 0.4) is 0 Å². The van der Waals surface area contributed by atoms with Crippen LogP contribution >= 0.6 is 11.6 Å². The maximum absolute atomic E-state index is 11.6. The molecule has 0 fully saturated rings. The van der Waals surface area contributed by atoms with E-state index in [1.807, 2.05) is 0 Å². The lowest BCUT2D eigenvalue weighted by Crippen LogP contribution is -2.28. The molecule has 0 aliphatic heterocycles. The van der Waals surface area contributed by atoms with Crippen molar-refractivity contribution in [3.05, 3.63) is 29.8 Å². The van der Waals surface area contributed by atoms with Crippen LogP contribution in [0.1, 0.15) is 16.8 Å². The molecule has 1 aromatic carbocycles. The second-order valence-corrected chi connectivity index (χ2v) is 4.12. The highest BCUT2D eigenvalue weighted by atomic mass is 35.5. The third-order valence-corrected chi connectivity index (χ3v) is 2.61. The van der Waals surface area contributed by atoms with Gasteiger partial charge in [-0.05, 0) is 18.2 Å². The van der Waals surface area contributed by atoms with Crippen LogP contribution in [0.5, 0.6) is 0 Å². The highest BCUT2D eigenvalue weighted by Gasteiger charge is 2.08. The number of carbonyl (C=O) groups is 3. The first-order valence-electron chi connectivity index (χ1n) is 5.87. The van der Waals surface area contributed by atoms with Crippen LogP contribution in [-0.4, -0.2) is 37.3 Å². The van der Waals surface area contributed by atoms with Crippen molar-refractivity contribution < 1.29 is 19.1 Å². The van der Waals surface area contributed by atoms with Gasteiger partial charge in [-0.3, -0.25) is 9.59 Å². The predicted octanol–water partition coefficient (Wildman–Crippen LogP) is 1.16. The van der Waals surface area contributed by atoms with Gasteiger partial charge in [-0.25, -0.2) is 4.79 Å². The SMILES string of the molecule is COC(=O)c1cccc(NC(=O)CCNC(=O)CCl)c1. The molecule has 0 spiro atoms. The van der Waals surface area contributed by atoms with E-state index >= 15 is 0 Å². The van der Waals surface area contributed by atoms with E-state index in [2.05, 4.69) is 15.4 Å². The van der Waals surface area contributed by atoms with Gasteiger partial charge >= 0.3 is 5.97 Å². The summed E-state index contributed by atoms with van der Waals surface area (Å²) in [5.74, 6) is -1.22. The second kappa shape index (κ2) is 8.16. The van der Waals surface area contributed by atoms with Crippen molar-refractivity contribution in [2.45, 2.75) is 6.42 Å². The molecular weight excluding hydrogens is 284 g/mol. The fourth-order valence-electron chi connectivity index (χ4n) is 1.43. The normalized spacial score (nSPS) is 9.70. The molecule has 108 valence electrons. The number of methoxy groups -OCH3 is 1. The largest absolute Gasteiger partial charge is 0.465 e. The van der Waals surface area contributed by atoms with Crippen molar-refractivity contribution in [3.8, 4) is 0 Å². The molecule has 0 saturated carbocycles. The molecule has 0 saturated heterocycles. The molecule has 6 nitrogen and oxygen atoms in total. The Kier molecular flexibility index (Phi) is 6.52. The number of rotatable bonds is 6. The molecule has 0 aliphatic carbocycles. The molecule has 0 heterocycles. The summed E-state index contributed by atoms with van der Waals surface area (Å²) in [6, 6.07) is 6.39. The lowest BCUT2D eigenvalue weighted by atomic mass is 10.2. The van der Waals surface area contributed by atoms with E-state index in [1.165, 1.54) is 13.2 Å². The number of nitrogens with one attached hydrogen (secondary N) is 2. The number of hydrogen-bond donors (Lipinski definition) is 2. The first kappa shape index (κ1) is 16.0. The minimum absolute atomic E-state index is 0.116. The Bertz CT molecular complexity index is 505. The summed E-state index contributed by atoms with van der Waals surface area (Å²) >= 11 is 5.30. The van der Waals surface area contributed by atoms with E-state index < -0.39 is 5.97 Å². The first-order valence-corrected chi connectivity index (χ1v) is 6.41. The first-order chi connectivity index (χ1) is 9.56. The standard InChI is InChI=1S/C13H15ClN2O4/c1-20-13(19)9-3-2-4-10(7-9)16-11(17)5-6-15-12(18)8-14/h2-4,7H,5-6,8H2,1H3,(H,15,18)(H,16,17). The van der Waals surface area contributed by atoms with Crippen molar-refractivity contribution in [2.24, 2.45) is 0 Å². The molecule has 2 N–H and O–H groups in total. The quantitative estimate of drug-likeness (QED) is 0.609. The van der Waals surface area contributed by atoms with Crippen LogP contribution in [0.25, 0.3) is 0 Å². The molecule has 0 aliphatic rings. The Hall–Kier alpha value is -2.08. The van der Waals surface area contributed by atoms with E-state index in [0.717, 1.165) is 0 Å². The lowest BCUT2D eigenvalue weighted by molar-refractivity contribution is -0.119. The van der Waals surface area contributed by atoms with E-state index in [4.69, 9.17) is 11.6 Å². The smallest absolute Gasteiger partial charge is 0.337 e. The highest BCUT2D eigenvalue weighted by Crippen LogP contribution is 2.11. The Balaban J connectivity index is 2.49. The van der Waals surface area contributed by atoms with Crippen LogP contribution in [0.15, 0.2) is 24.3 Å². The molecule has 7 heteroatoms. The third kappa shape index (κ3) is 5.27. The monoisotopic (exact) mass is 298 g/mol. The topological polar surface area (TPSA) is 84.5 Å². The maximum atomic E-state index is 11.6. The van der Waals surface area contributed by atoms with Crippen LogP contribution < -0.4 is 10.6 Å². The minimum atomic E-state index is -0.476. The maximum Gasteiger partial charge on any atom is 0.337 e. The molecular formula is C13H15ClN2O4. The highest BCUT2D eigenvalue weighted by molar-refractivity contribution is 6.27. The lowest BCUT2D eigenvalue weighted by Gasteiger charge is -2.07. The Morgan fingerprint density at radius 2 is 2.00 bits per heavy atom. The zero-order chi connectivity index (χ0) is 15.0. The van der Waals surface area contributed by atoms with Gasteiger partial charge in [-0.1, -0.05) is 6.07 Å². The number of carbonyl (C=O) groups excluding carboxylic acids is 3. The summed E-state index contributed by atoms with van der Waals surface area (Å²) in [6.45, 7) is 0.202. The summed E-state index contributed by atoms with van der Waals surface area (Å²) in [4.78, 5) is 33.8. The summed E-state index contributed by atoms with van der Waals surface area (Å²) < 4.78 is 4.59. The van der Waals surface area contributed by atoms with Crippen molar-refractivity contribution in [1.29, 1.82) is 0 Å². The van der Waals surface area contributed by atoms with Crippen molar-refractivity contribution in [1.82, 2.24) is 5.32 Å². The number of amides is 2. The van der Waals surface area contributed by atoms with Crippen LogP contribution in [0, 0.1) is 0 Å². The average molecular weight is 299 g/mol. The van der Waals surface area contributed by atoms with Gasteiger partial charge in [0.1, 0.15) is 5.88 Å². The molecule has 20 heavy (non-hydrogen) atoms. The van der Waals surface area contributed by atoms with Crippen LogP contribution in [0.4, 0.5) is 5.69 Å². The van der Waals surface area contributed by atoms with Gasteiger partial charge in [-0.2, -0.15) is 0 Å². The number of ether oxygens (including phenoxy) is 1. The Morgan fingerprint density at radius 1 is 1.25 bits per heavy atom. The van der Waals surface area contributed by atoms with Gasteiger partial charge < -0.3 is 15.4 Å². The predicted molar refractivity (Wildman–Crippen MR) is 74.8 cm³/mol. The molecule has 0 aromatic heterocycles. The molecule has 0 bridgehead atoms. The summed E-state index contributed by atoms with van der Waals surface area (Å²) in [5.41, 5.74) is 0.835. The van der Waals surface area contributed by atoms with E-state index in [0.29, 0.717) is 11.3 Å². The van der Waals surface area contributed by atoms with Gasteiger partial charge in [0.15, 0.2) is 0 Å². The summed E-state index contributed by atoms with van der Waals surface area (Å²) in [7, 11) is 1.28. The van der Waals surface area contributed by atoms with E-state index in [9.17, 15) is 14.4 Å². The molecule has 1 aromatic rings. The number of alkyl halides is 1. The summed E-state index contributed by atoms with van der Waals surface area (Å²) in [6.07, 6.45) is 0.116.